The van der Waals surface area contributed by atoms with Gasteiger partial charge in [-0.05, 0) is 79.8 Å². The molecule has 2 N–H and O–H groups in total. The zero-order chi connectivity index (χ0) is 23.9. The van der Waals surface area contributed by atoms with E-state index in [2.05, 4.69) is 47.3 Å². The molecule has 1 amide bonds. The predicted octanol–water partition coefficient (Wildman–Crippen LogP) is 6.23. The Morgan fingerprint density at radius 2 is 1.97 bits per heavy atom. The highest BCUT2D eigenvalue weighted by Crippen LogP contribution is 2.10. The predicted molar refractivity (Wildman–Crippen MR) is 132 cm³/mol. The number of carbonyl (C=O) groups excluding carboxylic acids is 1. The zero-order valence-electron chi connectivity index (χ0n) is 18.9. The first-order valence-corrected chi connectivity index (χ1v) is 10.8. The van der Waals surface area contributed by atoms with Crippen molar-refractivity contribution in [3.63, 3.8) is 0 Å². The number of allylic oxidation sites excluding steroid dienone is 10. The maximum Gasteiger partial charge on any atom is 0.243 e. The monoisotopic (exact) mass is 446 g/mol. The Morgan fingerprint density at radius 1 is 1.18 bits per heavy atom. The fraction of sp³-hybridized carbons (Fsp3) is 0.214. The molecule has 33 heavy (non-hydrogen) atoms. The van der Waals surface area contributed by atoms with Gasteiger partial charge in [0.15, 0.2) is 0 Å². The van der Waals surface area contributed by atoms with Gasteiger partial charge in [-0.25, -0.2) is 8.78 Å². The number of rotatable bonds is 9. The molecule has 170 valence electrons. The lowest BCUT2D eigenvalue weighted by Crippen LogP contribution is -2.24. The Balaban J connectivity index is 1.84. The number of nitrogens with one attached hydrogen (secondary N) is 2. The molecule has 0 spiro atoms. The van der Waals surface area contributed by atoms with Gasteiger partial charge in [0.2, 0.25) is 5.91 Å². The molecule has 2 rings (SSSR count). The summed E-state index contributed by atoms with van der Waals surface area (Å²) in [5.74, 6) is 5.53. The summed E-state index contributed by atoms with van der Waals surface area (Å²) < 4.78 is 26.0. The van der Waals surface area contributed by atoms with E-state index in [0.717, 1.165) is 23.1 Å². The molecule has 3 nitrogen and oxygen atoms in total. The minimum Gasteiger partial charge on any atom is -0.382 e. The molecule has 0 fully saturated rings. The van der Waals surface area contributed by atoms with E-state index in [1.54, 1.807) is 12.1 Å². The topological polar surface area (TPSA) is 41.1 Å². The molecule has 1 aliphatic carbocycles. The van der Waals surface area contributed by atoms with E-state index in [-0.39, 0.29) is 18.9 Å². The largest absolute Gasteiger partial charge is 0.382 e. The van der Waals surface area contributed by atoms with Crippen molar-refractivity contribution in [1.82, 2.24) is 5.32 Å². The lowest BCUT2D eigenvalue weighted by molar-refractivity contribution is -0.115. The van der Waals surface area contributed by atoms with Gasteiger partial charge in [0.05, 0.1) is 12.4 Å². The van der Waals surface area contributed by atoms with E-state index in [9.17, 15) is 13.6 Å². The normalized spacial score (nSPS) is 14.4. The van der Waals surface area contributed by atoms with Gasteiger partial charge in [0.1, 0.15) is 6.17 Å². The van der Waals surface area contributed by atoms with Crippen LogP contribution in [0.5, 0.6) is 0 Å². The van der Waals surface area contributed by atoms with Crippen LogP contribution in [0.25, 0.3) is 0 Å². The van der Waals surface area contributed by atoms with Gasteiger partial charge < -0.3 is 10.6 Å². The summed E-state index contributed by atoms with van der Waals surface area (Å²) >= 11 is 0. The number of halogens is 2. The zero-order valence-corrected chi connectivity index (χ0v) is 18.9. The highest BCUT2D eigenvalue weighted by Gasteiger charge is 2.02. The molecule has 0 saturated heterocycles. The first kappa shape index (κ1) is 25.4. The van der Waals surface area contributed by atoms with E-state index >= 15 is 0 Å². The minimum atomic E-state index is -1.31. The number of alkyl halides is 1. The molecule has 0 aliphatic heterocycles. The third kappa shape index (κ3) is 10.8. The fourth-order valence-electron chi connectivity index (χ4n) is 2.61. The van der Waals surface area contributed by atoms with Crippen LogP contribution in [0.4, 0.5) is 14.5 Å². The summed E-state index contributed by atoms with van der Waals surface area (Å²) in [6.07, 6.45) is 15.3. The number of carbonyl (C=O) groups is 1. The second-order valence-electron chi connectivity index (χ2n) is 7.21. The highest BCUT2D eigenvalue weighted by atomic mass is 19.1. The Kier molecular flexibility index (Phi) is 11.0. The van der Waals surface area contributed by atoms with Crippen molar-refractivity contribution >= 4 is 11.6 Å². The van der Waals surface area contributed by atoms with E-state index in [0.29, 0.717) is 5.69 Å². The van der Waals surface area contributed by atoms with Crippen LogP contribution in [0.2, 0.25) is 0 Å². The first-order valence-electron chi connectivity index (χ1n) is 10.8. The highest BCUT2D eigenvalue weighted by molar-refractivity contribution is 5.92. The average Bonchev–Trinajstić information content (AvgIpc) is 3.04. The number of anilines is 1. The van der Waals surface area contributed by atoms with Crippen LogP contribution in [0.1, 0.15) is 32.3 Å². The number of hydrogen-bond acceptors (Lipinski definition) is 2. The minimum absolute atomic E-state index is 0.0142. The van der Waals surface area contributed by atoms with E-state index in [4.69, 9.17) is 0 Å². The maximum absolute atomic E-state index is 13.5. The summed E-state index contributed by atoms with van der Waals surface area (Å²) in [7, 11) is 0. The Hall–Kier alpha value is -3.87. The van der Waals surface area contributed by atoms with Crippen LogP contribution >= 0.6 is 0 Å². The van der Waals surface area contributed by atoms with Gasteiger partial charge in [-0.2, -0.15) is 0 Å². The van der Waals surface area contributed by atoms with Crippen LogP contribution < -0.4 is 10.6 Å². The second kappa shape index (κ2) is 14.2. The van der Waals surface area contributed by atoms with Crippen molar-refractivity contribution in [2.45, 2.75) is 32.9 Å². The van der Waals surface area contributed by atoms with Crippen LogP contribution in [0, 0.1) is 11.8 Å². The molecule has 0 bridgehead atoms. The van der Waals surface area contributed by atoms with E-state index in [1.807, 2.05) is 36.4 Å². The van der Waals surface area contributed by atoms with Gasteiger partial charge >= 0.3 is 0 Å². The number of amides is 1. The number of hydrogen-bond donors (Lipinski definition) is 2. The van der Waals surface area contributed by atoms with E-state index < -0.39 is 12.0 Å². The van der Waals surface area contributed by atoms with Crippen molar-refractivity contribution in [3.05, 3.63) is 107 Å². The molecule has 0 aromatic heterocycles. The summed E-state index contributed by atoms with van der Waals surface area (Å²) in [5, 5.41) is 5.47. The lowest BCUT2D eigenvalue weighted by Gasteiger charge is -2.05. The maximum atomic E-state index is 13.5. The van der Waals surface area contributed by atoms with Gasteiger partial charge in [-0.1, -0.05) is 37.0 Å². The summed E-state index contributed by atoms with van der Waals surface area (Å²) in [5.41, 5.74) is 6.50. The molecule has 0 radical (unpaired) electrons. The fourth-order valence-corrected chi connectivity index (χ4v) is 2.61. The molecule has 0 saturated carbocycles. The quantitative estimate of drug-likeness (QED) is 0.349. The molecule has 1 atom stereocenters. The molecule has 1 aliphatic rings. The average molecular weight is 447 g/mol. The van der Waals surface area contributed by atoms with Crippen LogP contribution in [0.15, 0.2) is 102 Å². The van der Waals surface area contributed by atoms with Crippen molar-refractivity contribution in [3.8, 4) is 11.8 Å². The summed E-state index contributed by atoms with van der Waals surface area (Å²) in [4.78, 5) is 12.0. The second-order valence-corrected chi connectivity index (χ2v) is 7.21. The summed E-state index contributed by atoms with van der Waals surface area (Å²) in [6, 6.07) is 7.19. The van der Waals surface area contributed by atoms with Gasteiger partial charge in [-0.3, -0.25) is 4.79 Å². The molecule has 1 aromatic rings. The Labute approximate surface area is 194 Å². The van der Waals surface area contributed by atoms with Crippen molar-refractivity contribution < 1.29 is 13.6 Å². The van der Waals surface area contributed by atoms with Gasteiger partial charge in [0.25, 0.3) is 0 Å². The Bertz CT molecular complexity index is 1080. The van der Waals surface area contributed by atoms with Crippen molar-refractivity contribution in [2.24, 2.45) is 0 Å². The smallest absolute Gasteiger partial charge is 0.243 e. The molecule has 5 heteroatoms. The number of benzene rings is 1. The summed E-state index contributed by atoms with van der Waals surface area (Å²) in [6.45, 7) is 3.34. The van der Waals surface area contributed by atoms with Gasteiger partial charge in [-0.15, -0.1) is 5.73 Å². The molecular weight excluding hydrogens is 418 g/mol. The van der Waals surface area contributed by atoms with Crippen molar-refractivity contribution in [1.29, 1.82) is 0 Å². The van der Waals surface area contributed by atoms with E-state index in [1.165, 1.54) is 25.3 Å². The third-order valence-corrected chi connectivity index (χ3v) is 4.32. The SMILES string of the molecule is CC/C=C\C1=CC=C(C#Cc2ccc(NC(=O)CN/C=C/C(F)C/C=C(\C)F)cc2)C=C=C1. The third-order valence-electron chi connectivity index (χ3n) is 4.32. The van der Waals surface area contributed by atoms with Gasteiger partial charge in [0, 0.05) is 23.2 Å². The van der Waals surface area contributed by atoms with Crippen molar-refractivity contribution in [2.75, 3.05) is 11.9 Å². The van der Waals surface area contributed by atoms with Crippen LogP contribution in [-0.4, -0.2) is 18.6 Å². The lowest BCUT2D eigenvalue weighted by atomic mass is 10.1. The molecular formula is C28H28F2N2O. The first-order chi connectivity index (χ1) is 16.0. The molecule has 1 unspecified atom stereocenters. The standard InChI is InChI=1S/C28H28F2N2O/c1-3-4-6-23-7-5-8-24(11-10-23)12-13-25-14-17-27(18-15-25)32-28(33)21-31-20-19-26(30)16-9-22(2)29/h4,6-11,14-15,17-20,26,31H,3,16,21H2,1-2H3,(H,32,33)/b6-4-,20-19+,22-9+. The Morgan fingerprint density at radius 3 is 2.70 bits per heavy atom. The van der Waals surface area contributed by atoms with Crippen LogP contribution in [0.3, 0.4) is 0 Å². The van der Waals surface area contributed by atoms with Crippen LogP contribution in [-0.2, 0) is 4.79 Å². The molecule has 1 aromatic carbocycles. The molecule has 0 heterocycles.